The van der Waals surface area contributed by atoms with Gasteiger partial charge in [-0.15, -0.1) is 21.5 Å². The molecule has 1 aromatic carbocycles. The minimum atomic E-state index is 0.180. The third-order valence-electron chi connectivity index (χ3n) is 3.07. The van der Waals surface area contributed by atoms with E-state index in [1.807, 2.05) is 25.1 Å². The SMILES string of the molecule is Cc1nnc(CN(C)[C@H](CCO)c2ccccc2)s1. The number of aliphatic hydroxyl groups is 1. The van der Waals surface area contributed by atoms with E-state index in [1.165, 1.54) is 5.56 Å². The largest absolute Gasteiger partial charge is 0.396 e. The molecule has 0 spiro atoms. The van der Waals surface area contributed by atoms with E-state index in [0.717, 1.165) is 23.0 Å². The van der Waals surface area contributed by atoms with Gasteiger partial charge in [-0.1, -0.05) is 30.3 Å². The average molecular weight is 277 g/mol. The maximum atomic E-state index is 9.27. The maximum absolute atomic E-state index is 9.27. The number of aryl methyl sites for hydroxylation is 1. The van der Waals surface area contributed by atoms with Crippen molar-refractivity contribution >= 4 is 11.3 Å². The molecule has 0 bridgehead atoms. The molecule has 1 atom stereocenters. The van der Waals surface area contributed by atoms with Gasteiger partial charge in [-0.05, 0) is 26.0 Å². The topological polar surface area (TPSA) is 49.2 Å². The van der Waals surface area contributed by atoms with Gasteiger partial charge in [0.05, 0.1) is 6.54 Å². The molecule has 0 fully saturated rings. The highest BCUT2D eigenvalue weighted by Gasteiger charge is 2.17. The lowest BCUT2D eigenvalue weighted by atomic mass is 10.0. The Morgan fingerprint density at radius 3 is 2.58 bits per heavy atom. The Hall–Kier alpha value is -1.30. The number of rotatable bonds is 6. The van der Waals surface area contributed by atoms with Crippen LogP contribution in [-0.2, 0) is 6.54 Å². The second-order valence-corrected chi connectivity index (χ2v) is 5.83. The van der Waals surface area contributed by atoms with Crippen molar-refractivity contribution in [2.75, 3.05) is 13.7 Å². The maximum Gasteiger partial charge on any atom is 0.131 e. The second kappa shape index (κ2) is 6.75. The lowest BCUT2D eigenvalue weighted by Crippen LogP contribution is -2.25. The molecule has 0 saturated heterocycles. The number of aromatic nitrogens is 2. The highest BCUT2D eigenvalue weighted by molar-refractivity contribution is 7.11. The highest BCUT2D eigenvalue weighted by atomic mass is 32.1. The van der Waals surface area contributed by atoms with Crippen LogP contribution in [-0.4, -0.2) is 33.9 Å². The molecule has 4 nitrogen and oxygen atoms in total. The Morgan fingerprint density at radius 2 is 2.00 bits per heavy atom. The molecule has 0 radical (unpaired) electrons. The zero-order chi connectivity index (χ0) is 13.7. The molecule has 19 heavy (non-hydrogen) atoms. The number of nitrogens with zero attached hydrogens (tertiary/aromatic N) is 3. The van der Waals surface area contributed by atoms with Gasteiger partial charge in [0.15, 0.2) is 0 Å². The van der Waals surface area contributed by atoms with Gasteiger partial charge in [-0.2, -0.15) is 0 Å². The van der Waals surface area contributed by atoms with E-state index in [9.17, 15) is 5.11 Å². The fourth-order valence-corrected chi connectivity index (χ4v) is 2.94. The molecule has 1 heterocycles. The first-order valence-electron chi connectivity index (χ1n) is 6.35. The minimum absolute atomic E-state index is 0.180. The Morgan fingerprint density at radius 1 is 1.26 bits per heavy atom. The van der Waals surface area contributed by atoms with Crippen LogP contribution in [0.2, 0.25) is 0 Å². The van der Waals surface area contributed by atoms with Crippen LogP contribution in [0.15, 0.2) is 30.3 Å². The van der Waals surface area contributed by atoms with Gasteiger partial charge in [0, 0.05) is 12.6 Å². The van der Waals surface area contributed by atoms with Crippen molar-refractivity contribution in [3.63, 3.8) is 0 Å². The first kappa shape index (κ1) is 14.1. The number of aliphatic hydroxyl groups excluding tert-OH is 1. The second-order valence-electron chi connectivity index (χ2n) is 4.57. The van der Waals surface area contributed by atoms with Gasteiger partial charge in [-0.25, -0.2) is 0 Å². The summed E-state index contributed by atoms with van der Waals surface area (Å²) in [5, 5.41) is 19.5. The fourth-order valence-electron chi connectivity index (χ4n) is 2.16. The molecule has 0 saturated carbocycles. The molecule has 2 rings (SSSR count). The predicted molar refractivity (Wildman–Crippen MR) is 77.0 cm³/mol. The first-order chi connectivity index (χ1) is 9.20. The van der Waals surface area contributed by atoms with Crippen LogP contribution < -0.4 is 0 Å². The zero-order valence-corrected chi connectivity index (χ0v) is 12.1. The quantitative estimate of drug-likeness (QED) is 0.881. The molecule has 0 unspecified atom stereocenters. The molecule has 1 N–H and O–H groups in total. The van der Waals surface area contributed by atoms with E-state index < -0.39 is 0 Å². The molecular weight excluding hydrogens is 258 g/mol. The van der Waals surface area contributed by atoms with Gasteiger partial charge in [-0.3, -0.25) is 4.90 Å². The van der Waals surface area contributed by atoms with E-state index in [0.29, 0.717) is 0 Å². The summed E-state index contributed by atoms with van der Waals surface area (Å²) in [6, 6.07) is 10.5. The summed E-state index contributed by atoms with van der Waals surface area (Å²) >= 11 is 1.62. The highest BCUT2D eigenvalue weighted by Crippen LogP contribution is 2.24. The summed E-state index contributed by atoms with van der Waals surface area (Å²) in [6.07, 6.45) is 0.721. The average Bonchev–Trinajstić information content (AvgIpc) is 2.82. The standard InChI is InChI=1S/C14H19N3OS/c1-11-15-16-14(19-11)10-17(2)13(8-9-18)12-6-4-3-5-7-12/h3-7,13,18H,8-10H2,1-2H3/t13-/m1/s1. The molecule has 1 aromatic heterocycles. The number of benzene rings is 1. The van der Waals surface area contributed by atoms with Gasteiger partial charge in [0.1, 0.15) is 10.0 Å². The van der Waals surface area contributed by atoms with E-state index in [4.69, 9.17) is 0 Å². The summed E-state index contributed by atoms with van der Waals surface area (Å²) in [4.78, 5) is 2.21. The molecule has 2 aromatic rings. The summed E-state index contributed by atoms with van der Waals surface area (Å²) in [7, 11) is 2.06. The van der Waals surface area contributed by atoms with Crippen LogP contribution in [0.25, 0.3) is 0 Å². The van der Waals surface area contributed by atoms with E-state index in [2.05, 4.69) is 34.3 Å². The summed E-state index contributed by atoms with van der Waals surface area (Å²) in [6.45, 7) is 2.90. The van der Waals surface area contributed by atoms with Crippen molar-refractivity contribution in [2.45, 2.75) is 25.9 Å². The molecule has 102 valence electrons. The lowest BCUT2D eigenvalue weighted by Gasteiger charge is -2.27. The van der Waals surface area contributed by atoms with Crippen molar-refractivity contribution in [1.82, 2.24) is 15.1 Å². The molecule has 0 amide bonds. The van der Waals surface area contributed by atoms with Crippen LogP contribution in [0.3, 0.4) is 0 Å². The van der Waals surface area contributed by atoms with Crippen LogP contribution in [0.5, 0.6) is 0 Å². The Kier molecular flexibility index (Phi) is 5.01. The minimum Gasteiger partial charge on any atom is -0.396 e. The normalized spacial score (nSPS) is 12.8. The third-order valence-corrected chi connectivity index (χ3v) is 3.89. The monoisotopic (exact) mass is 277 g/mol. The van der Waals surface area contributed by atoms with E-state index in [-0.39, 0.29) is 12.6 Å². The van der Waals surface area contributed by atoms with Crippen molar-refractivity contribution in [1.29, 1.82) is 0 Å². The van der Waals surface area contributed by atoms with E-state index in [1.54, 1.807) is 11.3 Å². The van der Waals surface area contributed by atoms with Crippen LogP contribution >= 0.6 is 11.3 Å². The summed E-state index contributed by atoms with van der Waals surface area (Å²) < 4.78 is 0. The van der Waals surface area contributed by atoms with Gasteiger partial charge >= 0.3 is 0 Å². The van der Waals surface area contributed by atoms with Crippen molar-refractivity contribution in [2.24, 2.45) is 0 Å². The Labute approximate surface area is 117 Å². The van der Waals surface area contributed by atoms with E-state index >= 15 is 0 Å². The van der Waals surface area contributed by atoms with Gasteiger partial charge in [0.25, 0.3) is 0 Å². The van der Waals surface area contributed by atoms with Crippen LogP contribution in [0.1, 0.15) is 28.0 Å². The van der Waals surface area contributed by atoms with Crippen molar-refractivity contribution in [3.8, 4) is 0 Å². The molecule has 0 aliphatic rings. The third kappa shape index (κ3) is 3.83. The molecule has 0 aliphatic carbocycles. The summed E-state index contributed by atoms with van der Waals surface area (Å²) in [5.74, 6) is 0. The Balaban J connectivity index is 2.10. The molecular formula is C14H19N3OS. The van der Waals surface area contributed by atoms with Gasteiger partial charge in [0.2, 0.25) is 0 Å². The number of hydrogen-bond donors (Lipinski definition) is 1. The lowest BCUT2D eigenvalue weighted by molar-refractivity contribution is 0.179. The first-order valence-corrected chi connectivity index (χ1v) is 7.17. The van der Waals surface area contributed by atoms with Crippen molar-refractivity contribution in [3.05, 3.63) is 45.9 Å². The van der Waals surface area contributed by atoms with Crippen LogP contribution in [0.4, 0.5) is 0 Å². The van der Waals surface area contributed by atoms with Crippen molar-refractivity contribution < 1.29 is 5.11 Å². The fraction of sp³-hybridized carbons (Fsp3) is 0.429. The van der Waals surface area contributed by atoms with Crippen LogP contribution in [0, 0.1) is 6.92 Å². The summed E-state index contributed by atoms with van der Waals surface area (Å²) in [5.41, 5.74) is 1.22. The zero-order valence-electron chi connectivity index (χ0n) is 11.3. The number of hydrogen-bond acceptors (Lipinski definition) is 5. The molecule has 0 aliphatic heterocycles. The predicted octanol–water partition coefficient (Wildman–Crippen LogP) is 2.40. The molecule has 5 heteroatoms. The Bertz CT molecular complexity index is 500. The smallest absolute Gasteiger partial charge is 0.131 e. The van der Waals surface area contributed by atoms with Gasteiger partial charge < -0.3 is 5.11 Å².